The Bertz CT molecular complexity index is 11.6. The van der Waals surface area contributed by atoms with E-state index in [9.17, 15) is 0 Å². The van der Waals surface area contributed by atoms with E-state index < -0.39 is 0 Å². The van der Waals surface area contributed by atoms with E-state index in [4.69, 9.17) is 3.08 Å². The number of hydrogen-bond acceptors (Lipinski definition) is 1. The minimum Gasteiger partial charge on any atom is 0 e. The van der Waals surface area contributed by atoms with E-state index >= 15 is 0 Å². The minimum absolute atomic E-state index is 0. The van der Waals surface area contributed by atoms with Crippen LogP contribution in [0.5, 0.6) is 0 Å². The van der Waals surface area contributed by atoms with E-state index in [1.54, 1.807) is 0 Å². The van der Waals surface area contributed by atoms with Crippen LogP contribution < -0.4 is 0 Å². The van der Waals surface area contributed by atoms with Crippen molar-refractivity contribution in [2.75, 3.05) is 0 Å². The zero-order chi connectivity index (χ0) is 2.00. The van der Waals surface area contributed by atoms with Crippen LogP contribution in [0.4, 0.5) is 0 Å². The quantitative estimate of drug-likeness (QED) is 0.423. The Morgan fingerprint density at radius 2 is 1.20 bits per heavy atom. The molecule has 0 aliphatic rings. The average Bonchev–Trinajstić information content (AvgIpc) is 1.00. The van der Waals surface area contributed by atoms with Crippen molar-refractivity contribution in [1.82, 2.24) is 0 Å². The topological polar surface area (TPSA) is 17.1 Å². The zero-order valence-electron chi connectivity index (χ0n) is 1.62. The van der Waals surface area contributed by atoms with E-state index in [1.165, 1.54) is 0 Å². The summed E-state index contributed by atoms with van der Waals surface area (Å²) in [5.74, 6) is 0. The van der Waals surface area contributed by atoms with Crippen LogP contribution in [0, 0.1) is 0 Å². The van der Waals surface area contributed by atoms with Gasteiger partial charge in [-0.3, -0.25) is 0 Å². The molecule has 0 amide bonds. The molecule has 0 bridgehead atoms. The summed E-state index contributed by atoms with van der Waals surface area (Å²) >= 11 is 0.300. The smallest absolute Gasteiger partial charge is 0 e. The molecule has 5 heteroatoms. The monoisotopic (exact) mass is 350 g/mol. The van der Waals surface area contributed by atoms with Crippen LogP contribution >= 0.6 is 0 Å². The molecule has 0 aromatic carbocycles. The summed E-state index contributed by atoms with van der Waals surface area (Å²) in [7, 11) is 0. The van der Waals surface area contributed by atoms with Gasteiger partial charge in [0.15, 0.2) is 0 Å². The summed E-state index contributed by atoms with van der Waals surface area (Å²) in [5, 5.41) is 0. The molecule has 2 radical (unpaired) electrons. The van der Waals surface area contributed by atoms with Gasteiger partial charge in [0.05, 0.1) is 0 Å². The standard InChI is InChI=1S/Ga.GeH4.O.Sn.Zn.3H/h;1H4;;;;;;. The summed E-state index contributed by atoms with van der Waals surface area (Å²) in [6.45, 7) is 0. The molecule has 5 heavy (non-hydrogen) atoms. The summed E-state index contributed by atoms with van der Waals surface area (Å²) in [5.41, 5.74) is 0. The first-order valence-electron chi connectivity index (χ1n) is 0.204. The minimum atomic E-state index is 0. The van der Waals surface area contributed by atoms with E-state index in [0.29, 0.717) is 22.5 Å². The fourth-order valence-electron chi connectivity index (χ4n) is 0. The molecule has 0 fully saturated rings. The van der Waals surface area contributed by atoms with Crippen LogP contribution in [0.3, 0.4) is 0 Å². The van der Waals surface area contributed by atoms with Crippen molar-refractivity contribution in [1.29, 1.82) is 0 Å². The molecule has 0 heterocycles. The van der Waals surface area contributed by atoms with Gasteiger partial charge < -0.3 is 0 Å². The fourth-order valence-corrected chi connectivity index (χ4v) is 0. The second-order valence-electron chi connectivity index (χ2n) is 0. The molecule has 26 valence electrons. The maximum absolute atomic E-state index is 8.34. The molecule has 0 aliphatic carbocycles. The Hall–Kier alpha value is 2.40. The van der Waals surface area contributed by atoms with Gasteiger partial charge in [-0.1, -0.05) is 0 Å². The van der Waals surface area contributed by atoms with Gasteiger partial charge in [0.25, 0.3) is 0 Å². The third kappa shape index (κ3) is 21.5. The van der Waals surface area contributed by atoms with Crippen LogP contribution in [-0.4, -0.2) is 59.9 Å². The van der Waals surface area contributed by atoms with E-state index in [2.05, 4.69) is 0 Å². The van der Waals surface area contributed by atoms with Crippen molar-refractivity contribution in [3.63, 3.8) is 0 Å². The molecule has 0 atom stereocenters. The van der Waals surface area contributed by atoms with Crippen LogP contribution in [0.1, 0.15) is 0 Å². The summed E-state index contributed by atoms with van der Waals surface area (Å²) < 4.78 is 8.34. The Labute approximate surface area is 81.3 Å². The van der Waals surface area contributed by atoms with Gasteiger partial charge >= 0.3 is 63.0 Å². The van der Waals surface area contributed by atoms with Gasteiger partial charge in [-0.05, 0) is 0 Å². The normalized spacial score (nSPS) is 0.800. The van der Waals surface area contributed by atoms with Crippen LogP contribution in [0.25, 0.3) is 0 Å². The predicted molar refractivity (Wildman–Crippen MR) is 27.7 cm³/mol. The third-order valence-corrected chi connectivity index (χ3v) is 0. The summed E-state index contributed by atoms with van der Waals surface area (Å²) in [6.07, 6.45) is 0. The van der Waals surface area contributed by atoms with Crippen molar-refractivity contribution in [2.45, 2.75) is 0 Å². The Kier molecular flexibility index (Phi) is 170. The van der Waals surface area contributed by atoms with Crippen LogP contribution in [-0.2, 0) is 22.6 Å². The number of hydrogen-bond donors (Lipinski definition) is 0. The molecule has 0 saturated carbocycles. The van der Waals surface area contributed by atoms with Crippen molar-refractivity contribution >= 4 is 59.9 Å². The molecule has 0 aliphatic heterocycles. The van der Waals surface area contributed by atoms with Crippen molar-refractivity contribution in [3.8, 4) is 0 Å². The fraction of sp³-hybridized carbons (Fsp3) is 0. The van der Waals surface area contributed by atoms with Crippen LogP contribution in [0.15, 0.2) is 0 Å². The zero-order valence-corrected chi connectivity index (χ0v) is 7.44. The Balaban J connectivity index is -0.00000000167. The van der Waals surface area contributed by atoms with E-state index in [1.807, 2.05) is 0 Å². The second kappa shape index (κ2) is 32.4. The predicted octanol–water partition coefficient (Wildman–Crippen LogP) is -3.14. The number of rotatable bonds is 0. The SMILES string of the molecule is [GaH3].[GeH4].[O]=[Sn].[Zn]. The average molecular weight is 349 g/mol. The first kappa shape index (κ1) is 26.2. The molecular formula is H7GaGeOSnZn. The molecule has 0 rings (SSSR count). The molecule has 0 aromatic heterocycles. The molecule has 0 N–H and O–H groups in total. The molecule has 0 spiro atoms. The molecular weight excluding hydrogens is 342 g/mol. The third-order valence-electron chi connectivity index (χ3n) is 0. The van der Waals surface area contributed by atoms with Gasteiger partial charge in [0.1, 0.15) is 0 Å². The van der Waals surface area contributed by atoms with Gasteiger partial charge in [0.2, 0.25) is 0 Å². The molecule has 0 unspecified atom stereocenters. The Morgan fingerprint density at radius 3 is 1.20 bits per heavy atom. The van der Waals surface area contributed by atoms with Gasteiger partial charge in [-0.25, -0.2) is 0 Å². The van der Waals surface area contributed by atoms with Gasteiger partial charge in [-0.2, -0.15) is 0 Å². The largest absolute Gasteiger partial charge is 0 e. The maximum atomic E-state index is 8.34. The first-order valence-corrected chi connectivity index (χ1v) is 1.37. The molecule has 0 saturated heterocycles. The Morgan fingerprint density at radius 1 is 1.20 bits per heavy atom. The van der Waals surface area contributed by atoms with Gasteiger partial charge in [0, 0.05) is 19.5 Å². The molecule has 0 aromatic rings. The van der Waals surface area contributed by atoms with Crippen LogP contribution in [0.2, 0.25) is 0 Å². The second-order valence-corrected chi connectivity index (χ2v) is 0. The van der Waals surface area contributed by atoms with E-state index in [-0.39, 0.29) is 56.9 Å². The van der Waals surface area contributed by atoms with Crippen molar-refractivity contribution in [3.05, 3.63) is 0 Å². The van der Waals surface area contributed by atoms with Gasteiger partial charge in [-0.15, -0.1) is 0 Å². The maximum Gasteiger partial charge on any atom is 0 e. The summed E-state index contributed by atoms with van der Waals surface area (Å²) in [4.78, 5) is 0. The molecule has 1 nitrogen and oxygen atoms in total. The van der Waals surface area contributed by atoms with E-state index in [0.717, 1.165) is 0 Å². The van der Waals surface area contributed by atoms with Crippen molar-refractivity contribution < 1.29 is 22.6 Å². The summed E-state index contributed by atoms with van der Waals surface area (Å²) in [6, 6.07) is 0. The first-order chi connectivity index (χ1) is 1.00. The van der Waals surface area contributed by atoms with Crippen molar-refractivity contribution in [2.24, 2.45) is 0 Å².